The van der Waals surface area contributed by atoms with Gasteiger partial charge in [-0.3, -0.25) is 9.59 Å². The lowest BCUT2D eigenvalue weighted by atomic mass is 10.1. The molecule has 0 radical (unpaired) electrons. The minimum absolute atomic E-state index is 0. The van der Waals surface area contributed by atoms with Gasteiger partial charge in [-0.05, 0) is 44.1 Å². The van der Waals surface area contributed by atoms with E-state index in [0.29, 0.717) is 37.3 Å². The third kappa shape index (κ3) is 8.19. The van der Waals surface area contributed by atoms with Crippen molar-refractivity contribution in [1.29, 1.82) is 0 Å². The van der Waals surface area contributed by atoms with Crippen LogP contribution in [0.4, 0.5) is 0 Å². The number of rotatable bonds is 8. The van der Waals surface area contributed by atoms with Crippen molar-refractivity contribution in [1.82, 2.24) is 10.6 Å². The maximum Gasteiger partial charge on any atom is 0.251 e. The molecule has 0 aliphatic carbocycles. The largest absolute Gasteiger partial charge is 0.352 e. The minimum Gasteiger partial charge on any atom is -0.352 e. The number of halogens is 2. The molecule has 6 nitrogen and oxygen atoms in total. The Morgan fingerprint density at radius 1 is 0.864 bits per heavy atom. The van der Waals surface area contributed by atoms with Gasteiger partial charge in [0.25, 0.3) is 11.8 Å². The summed E-state index contributed by atoms with van der Waals surface area (Å²) in [7, 11) is 0. The van der Waals surface area contributed by atoms with Crippen LogP contribution in [-0.2, 0) is 0 Å². The highest BCUT2D eigenvalue weighted by Crippen LogP contribution is 2.05. The van der Waals surface area contributed by atoms with E-state index in [0.717, 1.165) is 12.8 Å². The highest BCUT2D eigenvalue weighted by atomic mass is 35.5. The van der Waals surface area contributed by atoms with Crippen molar-refractivity contribution in [2.45, 2.75) is 12.8 Å². The number of benzene rings is 1. The van der Waals surface area contributed by atoms with Crippen LogP contribution in [0.2, 0.25) is 0 Å². The normalized spacial score (nSPS) is 9.18. The van der Waals surface area contributed by atoms with Gasteiger partial charge in [-0.25, -0.2) is 0 Å². The molecular weight excluding hydrogens is 327 g/mol. The highest BCUT2D eigenvalue weighted by Gasteiger charge is 2.09. The smallest absolute Gasteiger partial charge is 0.251 e. The number of carbonyl (C=O) groups is 2. The van der Waals surface area contributed by atoms with Gasteiger partial charge in [0, 0.05) is 24.2 Å². The van der Waals surface area contributed by atoms with Gasteiger partial charge in [0.2, 0.25) is 0 Å². The summed E-state index contributed by atoms with van der Waals surface area (Å²) in [6, 6.07) is 6.62. The average molecular weight is 351 g/mol. The van der Waals surface area contributed by atoms with E-state index in [2.05, 4.69) is 10.6 Å². The molecule has 22 heavy (non-hydrogen) atoms. The van der Waals surface area contributed by atoms with Crippen LogP contribution >= 0.6 is 24.8 Å². The van der Waals surface area contributed by atoms with Gasteiger partial charge < -0.3 is 22.1 Å². The summed E-state index contributed by atoms with van der Waals surface area (Å²) in [5.74, 6) is -0.398. The number of hydrogen-bond donors (Lipinski definition) is 4. The number of nitrogens with one attached hydrogen (secondary N) is 2. The fourth-order valence-electron chi connectivity index (χ4n) is 1.61. The molecule has 0 spiro atoms. The predicted octanol–water partition coefficient (Wildman–Crippen LogP) is 0.687. The second-order valence-electron chi connectivity index (χ2n) is 4.38. The number of hydrogen-bond acceptors (Lipinski definition) is 4. The summed E-state index contributed by atoms with van der Waals surface area (Å²) < 4.78 is 0. The van der Waals surface area contributed by atoms with Crippen LogP contribution in [-0.4, -0.2) is 38.0 Å². The lowest BCUT2D eigenvalue weighted by molar-refractivity contribution is 0.0952. The maximum absolute atomic E-state index is 11.9. The molecule has 1 rings (SSSR count). The summed E-state index contributed by atoms with van der Waals surface area (Å²) >= 11 is 0. The van der Waals surface area contributed by atoms with Crippen molar-refractivity contribution in [2.24, 2.45) is 11.5 Å². The van der Waals surface area contributed by atoms with Crippen LogP contribution in [0, 0.1) is 0 Å². The first-order valence-electron chi connectivity index (χ1n) is 6.75. The molecule has 0 atom stereocenters. The molecule has 1 aromatic rings. The molecule has 0 saturated heterocycles. The minimum atomic E-state index is -0.199. The number of nitrogens with two attached hydrogens (primary N) is 2. The zero-order valence-electron chi connectivity index (χ0n) is 12.3. The first-order chi connectivity index (χ1) is 9.69. The van der Waals surface area contributed by atoms with Crippen LogP contribution in [0.5, 0.6) is 0 Å². The molecule has 8 heteroatoms. The highest BCUT2D eigenvalue weighted by molar-refractivity contribution is 5.99. The Bertz CT molecular complexity index is 421. The lowest BCUT2D eigenvalue weighted by Crippen LogP contribution is -2.28. The van der Waals surface area contributed by atoms with Gasteiger partial charge >= 0.3 is 0 Å². The van der Waals surface area contributed by atoms with E-state index >= 15 is 0 Å². The number of amides is 2. The molecule has 0 saturated carbocycles. The lowest BCUT2D eigenvalue weighted by Gasteiger charge is -2.07. The molecule has 0 bridgehead atoms. The summed E-state index contributed by atoms with van der Waals surface area (Å²) in [4.78, 5) is 23.7. The zero-order valence-corrected chi connectivity index (χ0v) is 14.0. The summed E-state index contributed by atoms with van der Waals surface area (Å²) in [5, 5.41) is 5.50. The molecule has 0 unspecified atom stereocenters. The van der Waals surface area contributed by atoms with E-state index in [1.807, 2.05) is 0 Å². The van der Waals surface area contributed by atoms with E-state index in [4.69, 9.17) is 11.5 Å². The monoisotopic (exact) mass is 350 g/mol. The molecule has 0 aliphatic heterocycles. The average Bonchev–Trinajstić information content (AvgIpc) is 2.47. The van der Waals surface area contributed by atoms with Crippen LogP contribution in [0.15, 0.2) is 24.3 Å². The second-order valence-corrected chi connectivity index (χ2v) is 4.38. The van der Waals surface area contributed by atoms with Crippen molar-refractivity contribution in [3.05, 3.63) is 35.4 Å². The molecule has 0 fully saturated rings. The fourth-order valence-corrected chi connectivity index (χ4v) is 1.61. The Kier molecular flexibility index (Phi) is 13.9. The molecule has 0 aliphatic rings. The molecular formula is C14H24Cl2N4O2. The van der Waals surface area contributed by atoms with Crippen molar-refractivity contribution in [2.75, 3.05) is 26.2 Å². The summed E-state index contributed by atoms with van der Waals surface area (Å²) in [6.07, 6.45) is 1.45. The van der Waals surface area contributed by atoms with E-state index in [1.54, 1.807) is 24.3 Å². The van der Waals surface area contributed by atoms with Gasteiger partial charge in [0.05, 0.1) is 0 Å². The zero-order chi connectivity index (χ0) is 14.8. The van der Waals surface area contributed by atoms with E-state index in [9.17, 15) is 9.59 Å². The van der Waals surface area contributed by atoms with Crippen molar-refractivity contribution >= 4 is 36.6 Å². The van der Waals surface area contributed by atoms with Crippen molar-refractivity contribution in [3.63, 3.8) is 0 Å². The first-order valence-corrected chi connectivity index (χ1v) is 6.75. The van der Waals surface area contributed by atoms with Crippen molar-refractivity contribution < 1.29 is 9.59 Å². The Balaban J connectivity index is 0. The maximum atomic E-state index is 11.9. The van der Waals surface area contributed by atoms with Crippen LogP contribution in [0.1, 0.15) is 33.6 Å². The van der Waals surface area contributed by atoms with Crippen LogP contribution in [0.25, 0.3) is 0 Å². The number of carbonyl (C=O) groups excluding carboxylic acids is 2. The van der Waals surface area contributed by atoms with Gasteiger partial charge in [0.1, 0.15) is 0 Å². The summed E-state index contributed by atoms with van der Waals surface area (Å²) in [6.45, 7) is 2.12. The fraction of sp³-hybridized carbons (Fsp3) is 0.429. The Morgan fingerprint density at radius 3 is 1.64 bits per heavy atom. The molecule has 0 aromatic heterocycles. The summed E-state index contributed by atoms with van der Waals surface area (Å²) in [5.41, 5.74) is 11.7. The predicted molar refractivity (Wildman–Crippen MR) is 92.9 cm³/mol. The molecule has 1 aromatic carbocycles. The van der Waals surface area contributed by atoms with E-state index in [1.165, 1.54) is 0 Å². The standard InChI is InChI=1S/C14H22N4O2.2ClH/c15-6-2-8-17-13(19)11-4-1-5-12(10-11)14(20)18-9-3-7-16;;/h1,4-5,10H,2-3,6-9,15-16H2,(H,17,19)(H,18,20);2*1H. The molecule has 0 heterocycles. The van der Waals surface area contributed by atoms with Gasteiger partial charge in [-0.1, -0.05) is 6.07 Å². The Morgan fingerprint density at radius 2 is 1.27 bits per heavy atom. The SMILES string of the molecule is Cl.Cl.NCCCNC(=O)c1cccc(C(=O)NCCCN)c1. The third-order valence-electron chi connectivity index (χ3n) is 2.72. The molecule has 2 amide bonds. The van der Waals surface area contributed by atoms with E-state index in [-0.39, 0.29) is 36.6 Å². The quantitative estimate of drug-likeness (QED) is 0.517. The topological polar surface area (TPSA) is 110 Å². The van der Waals surface area contributed by atoms with Crippen LogP contribution < -0.4 is 22.1 Å². The van der Waals surface area contributed by atoms with Crippen molar-refractivity contribution in [3.8, 4) is 0 Å². The third-order valence-corrected chi connectivity index (χ3v) is 2.72. The first kappa shape index (κ1) is 22.9. The van der Waals surface area contributed by atoms with Gasteiger partial charge in [-0.2, -0.15) is 0 Å². The Labute approximate surface area is 143 Å². The van der Waals surface area contributed by atoms with Crippen LogP contribution in [0.3, 0.4) is 0 Å². The second kappa shape index (κ2) is 13.3. The molecule has 6 N–H and O–H groups in total. The Hall–Kier alpha value is -1.34. The molecule has 126 valence electrons. The van der Waals surface area contributed by atoms with Gasteiger partial charge in [0.15, 0.2) is 0 Å². The van der Waals surface area contributed by atoms with Gasteiger partial charge in [-0.15, -0.1) is 24.8 Å². The van der Waals surface area contributed by atoms with E-state index < -0.39 is 0 Å².